The molecule has 2 atom stereocenters. The summed E-state index contributed by atoms with van der Waals surface area (Å²) in [6.45, 7) is 0.0330. The van der Waals surface area contributed by atoms with Crippen LogP contribution in [-0.2, 0) is 19.0 Å². The van der Waals surface area contributed by atoms with Crippen molar-refractivity contribution < 1.29 is 19.0 Å². The van der Waals surface area contributed by atoms with Gasteiger partial charge in [-0.1, -0.05) is 34.8 Å². The molecule has 0 saturated carbocycles. The minimum atomic E-state index is -1.69. The normalized spacial score (nSPS) is 28.9. The van der Waals surface area contributed by atoms with Gasteiger partial charge in [-0.15, -0.1) is 0 Å². The van der Waals surface area contributed by atoms with Crippen LogP contribution in [0.25, 0.3) is 0 Å². The second-order valence-corrected chi connectivity index (χ2v) is 4.72. The fourth-order valence-electron chi connectivity index (χ4n) is 0.829. The van der Waals surface area contributed by atoms with Crippen LogP contribution in [0.1, 0.15) is 0 Å². The van der Waals surface area contributed by atoms with Crippen LogP contribution in [0.5, 0.6) is 0 Å². The van der Waals surface area contributed by atoms with E-state index in [-0.39, 0.29) is 6.61 Å². The third-order valence-electron chi connectivity index (χ3n) is 1.42. The van der Waals surface area contributed by atoms with E-state index < -0.39 is 22.2 Å². The molecule has 1 heterocycles. The van der Waals surface area contributed by atoms with Gasteiger partial charge in [0, 0.05) is 0 Å². The SMILES string of the molecule is COC(=O)C1COC(C(Cl)(Cl)Cl)O1. The van der Waals surface area contributed by atoms with Crippen LogP contribution in [0.2, 0.25) is 0 Å². The molecule has 0 aromatic heterocycles. The lowest BCUT2D eigenvalue weighted by Gasteiger charge is -2.17. The van der Waals surface area contributed by atoms with Gasteiger partial charge in [0.2, 0.25) is 10.1 Å². The number of carbonyl (C=O) groups is 1. The van der Waals surface area contributed by atoms with Gasteiger partial charge in [0.05, 0.1) is 13.7 Å². The molecule has 0 spiro atoms. The van der Waals surface area contributed by atoms with E-state index in [4.69, 9.17) is 44.3 Å². The average molecular weight is 249 g/mol. The van der Waals surface area contributed by atoms with E-state index in [1.165, 1.54) is 7.11 Å². The third kappa shape index (κ3) is 2.86. The minimum Gasteiger partial charge on any atom is -0.467 e. The number of ether oxygens (including phenoxy) is 3. The Bertz CT molecular complexity index is 203. The van der Waals surface area contributed by atoms with Gasteiger partial charge in [0.25, 0.3) is 0 Å². The Labute approximate surface area is 90.0 Å². The van der Waals surface area contributed by atoms with E-state index in [1.807, 2.05) is 0 Å². The Kier molecular flexibility index (Phi) is 3.65. The first kappa shape index (κ1) is 11.3. The van der Waals surface area contributed by atoms with E-state index >= 15 is 0 Å². The number of alkyl halides is 3. The molecule has 1 fully saturated rings. The fraction of sp³-hybridized carbons (Fsp3) is 0.833. The van der Waals surface area contributed by atoms with Crippen molar-refractivity contribution in [3.05, 3.63) is 0 Å². The van der Waals surface area contributed by atoms with Crippen molar-refractivity contribution >= 4 is 40.8 Å². The quantitative estimate of drug-likeness (QED) is 0.519. The molecular weight excluding hydrogens is 242 g/mol. The first-order valence-electron chi connectivity index (χ1n) is 3.36. The van der Waals surface area contributed by atoms with Gasteiger partial charge < -0.3 is 14.2 Å². The summed E-state index contributed by atoms with van der Waals surface area (Å²) >= 11 is 16.4. The lowest BCUT2D eigenvalue weighted by atomic mass is 10.4. The Morgan fingerprint density at radius 3 is 2.54 bits per heavy atom. The summed E-state index contributed by atoms with van der Waals surface area (Å²) in [6, 6.07) is 0. The lowest BCUT2D eigenvalue weighted by Crippen LogP contribution is -2.29. The molecule has 0 aromatic carbocycles. The van der Waals surface area contributed by atoms with Crippen LogP contribution >= 0.6 is 34.8 Å². The lowest BCUT2D eigenvalue weighted by molar-refractivity contribution is -0.153. The molecule has 1 aliphatic rings. The van der Waals surface area contributed by atoms with E-state index in [0.29, 0.717) is 0 Å². The Morgan fingerprint density at radius 1 is 1.54 bits per heavy atom. The maximum absolute atomic E-state index is 10.9. The van der Waals surface area contributed by atoms with Crippen molar-refractivity contribution in [3.63, 3.8) is 0 Å². The highest BCUT2D eigenvalue weighted by Crippen LogP contribution is 2.36. The largest absolute Gasteiger partial charge is 0.467 e. The topological polar surface area (TPSA) is 44.8 Å². The average Bonchev–Trinajstić information content (AvgIpc) is 2.50. The Hall–Kier alpha value is 0.260. The van der Waals surface area contributed by atoms with Crippen molar-refractivity contribution in [1.29, 1.82) is 0 Å². The molecular formula is C6H7Cl3O4. The highest BCUT2D eigenvalue weighted by atomic mass is 35.6. The van der Waals surface area contributed by atoms with E-state index in [9.17, 15) is 4.79 Å². The number of hydrogen-bond donors (Lipinski definition) is 0. The maximum Gasteiger partial charge on any atom is 0.337 e. The van der Waals surface area contributed by atoms with E-state index in [2.05, 4.69) is 4.74 Å². The van der Waals surface area contributed by atoms with Gasteiger partial charge in [0.1, 0.15) is 0 Å². The monoisotopic (exact) mass is 248 g/mol. The molecule has 2 unspecified atom stereocenters. The minimum absolute atomic E-state index is 0.0330. The van der Waals surface area contributed by atoms with Crippen LogP contribution in [0, 0.1) is 0 Å². The molecule has 0 amide bonds. The number of methoxy groups -OCH3 is 1. The Balaban J connectivity index is 2.50. The molecule has 0 aromatic rings. The van der Waals surface area contributed by atoms with E-state index in [0.717, 1.165) is 0 Å². The van der Waals surface area contributed by atoms with Gasteiger partial charge in [0.15, 0.2) is 6.10 Å². The second kappa shape index (κ2) is 4.19. The predicted molar refractivity (Wildman–Crippen MR) is 46.9 cm³/mol. The molecule has 0 aliphatic carbocycles. The summed E-state index contributed by atoms with van der Waals surface area (Å²) in [7, 11) is 1.24. The van der Waals surface area contributed by atoms with Crippen molar-refractivity contribution in [1.82, 2.24) is 0 Å². The zero-order valence-corrected chi connectivity index (χ0v) is 8.90. The summed E-state index contributed by atoms with van der Waals surface area (Å²) in [5, 5.41) is 0. The van der Waals surface area contributed by atoms with Crippen molar-refractivity contribution in [2.24, 2.45) is 0 Å². The van der Waals surface area contributed by atoms with Crippen molar-refractivity contribution in [2.45, 2.75) is 16.2 Å². The van der Waals surface area contributed by atoms with Crippen LogP contribution in [0.15, 0.2) is 0 Å². The molecule has 76 valence electrons. The van der Waals surface area contributed by atoms with Crippen LogP contribution in [-0.4, -0.2) is 35.9 Å². The smallest absolute Gasteiger partial charge is 0.337 e. The van der Waals surface area contributed by atoms with Gasteiger partial charge in [-0.25, -0.2) is 4.79 Å². The highest BCUT2D eigenvalue weighted by molar-refractivity contribution is 6.67. The molecule has 4 nitrogen and oxygen atoms in total. The van der Waals surface area contributed by atoms with Crippen LogP contribution < -0.4 is 0 Å². The zero-order chi connectivity index (χ0) is 10.1. The second-order valence-electron chi connectivity index (χ2n) is 2.35. The molecule has 7 heteroatoms. The molecule has 1 aliphatic heterocycles. The van der Waals surface area contributed by atoms with Gasteiger partial charge in [-0.05, 0) is 0 Å². The standard InChI is InChI=1S/C6H7Cl3O4/c1-11-4(10)3-2-12-5(13-3)6(7,8)9/h3,5H,2H2,1H3. The van der Waals surface area contributed by atoms with Crippen LogP contribution in [0.4, 0.5) is 0 Å². The summed E-state index contributed by atoms with van der Waals surface area (Å²) in [6.07, 6.45) is -1.84. The molecule has 1 saturated heterocycles. The number of esters is 1. The summed E-state index contributed by atoms with van der Waals surface area (Å²) in [5.74, 6) is -0.545. The fourth-order valence-corrected chi connectivity index (χ4v) is 1.17. The number of carbonyl (C=O) groups excluding carboxylic acids is 1. The Morgan fingerprint density at radius 2 is 2.15 bits per heavy atom. The molecule has 0 bridgehead atoms. The van der Waals surface area contributed by atoms with Gasteiger partial charge >= 0.3 is 5.97 Å². The summed E-state index contributed by atoms with van der Waals surface area (Å²) < 4.78 is 12.7. The number of halogens is 3. The summed E-state index contributed by atoms with van der Waals surface area (Å²) in [4.78, 5) is 10.9. The van der Waals surface area contributed by atoms with E-state index in [1.54, 1.807) is 0 Å². The zero-order valence-electron chi connectivity index (χ0n) is 6.63. The molecule has 0 radical (unpaired) electrons. The molecule has 1 rings (SSSR count). The number of hydrogen-bond acceptors (Lipinski definition) is 4. The van der Waals surface area contributed by atoms with Crippen LogP contribution in [0.3, 0.4) is 0 Å². The van der Waals surface area contributed by atoms with Crippen molar-refractivity contribution in [2.75, 3.05) is 13.7 Å². The van der Waals surface area contributed by atoms with Gasteiger partial charge in [-0.2, -0.15) is 0 Å². The predicted octanol–water partition coefficient (Wildman–Crippen LogP) is 1.27. The summed E-state index contributed by atoms with van der Waals surface area (Å²) in [5.41, 5.74) is 0. The molecule has 0 N–H and O–H groups in total. The van der Waals surface area contributed by atoms with Crippen molar-refractivity contribution in [3.8, 4) is 0 Å². The first-order chi connectivity index (χ1) is 5.95. The first-order valence-corrected chi connectivity index (χ1v) is 4.50. The molecule has 13 heavy (non-hydrogen) atoms. The van der Waals surface area contributed by atoms with Gasteiger partial charge in [-0.3, -0.25) is 0 Å². The highest BCUT2D eigenvalue weighted by Gasteiger charge is 2.43. The maximum atomic E-state index is 10.9. The number of rotatable bonds is 1. The third-order valence-corrected chi connectivity index (χ3v) is 1.95.